The molecule has 0 radical (unpaired) electrons. The van der Waals surface area contributed by atoms with Crippen molar-refractivity contribution in [1.82, 2.24) is 0 Å². The van der Waals surface area contributed by atoms with Crippen molar-refractivity contribution in [2.24, 2.45) is 0 Å². The highest BCUT2D eigenvalue weighted by molar-refractivity contribution is 8.00. The Labute approximate surface area is 107 Å². The summed E-state index contributed by atoms with van der Waals surface area (Å²) in [6.45, 7) is 1.69. The maximum Gasteiger partial charge on any atom is 0.304 e. The largest absolute Gasteiger partial charge is 0.481 e. The van der Waals surface area contributed by atoms with Crippen molar-refractivity contribution in [2.45, 2.75) is 23.5 Å². The highest BCUT2D eigenvalue weighted by Crippen LogP contribution is 2.38. The second-order valence-electron chi connectivity index (χ2n) is 3.37. The van der Waals surface area contributed by atoms with Crippen molar-refractivity contribution in [3.05, 3.63) is 33.3 Å². The first kappa shape index (κ1) is 13.8. The Morgan fingerprint density at radius 1 is 1.65 bits per heavy atom. The van der Waals surface area contributed by atoms with Crippen LogP contribution >= 0.6 is 23.4 Å². The standard InChI is InChI=1S/C10H10ClNO4S/c1-6(5-9(13)14)17-10-7(11)3-2-4-8(10)12(15)16/h2-4,6H,5H2,1H3,(H,13,14). The van der Waals surface area contributed by atoms with Crippen LogP contribution in [-0.2, 0) is 4.79 Å². The Morgan fingerprint density at radius 3 is 2.82 bits per heavy atom. The molecule has 0 fully saturated rings. The Kier molecular flexibility index (Phi) is 4.77. The number of aliphatic carboxylic acids is 1. The van der Waals surface area contributed by atoms with Crippen molar-refractivity contribution in [2.75, 3.05) is 0 Å². The number of carboxylic acids is 1. The molecule has 5 nitrogen and oxygen atoms in total. The Morgan fingerprint density at radius 2 is 2.29 bits per heavy atom. The molecule has 1 atom stereocenters. The summed E-state index contributed by atoms with van der Waals surface area (Å²) in [5, 5.41) is 19.4. The first-order chi connectivity index (χ1) is 7.91. The predicted octanol–water partition coefficient (Wildman–Crippen LogP) is 3.20. The molecule has 0 saturated carbocycles. The van der Waals surface area contributed by atoms with E-state index in [2.05, 4.69) is 0 Å². The molecule has 1 N–H and O–H groups in total. The average Bonchev–Trinajstić information content (AvgIpc) is 2.19. The number of nitro groups is 1. The van der Waals surface area contributed by atoms with E-state index in [1.54, 1.807) is 13.0 Å². The Hall–Kier alpha value is -1.27. The molecule has 0 bridgehead atoms. The summed E-state index contributed by atoms with van der Waals surface area (Å²) >= 11 is 6.98. The van der Waals surface area contributed by atoms with Crippen LogP contribution in [0.1, 0.15) is 13.3 Å². The maximum absolute atomic E-state index is 10.8. The van der Waals surface area contributed by atoms with Gasteiger partial charge in [-0.2, -0.15) is 0 Å². The van der Waals surface area contributed by atoms with Crippen LogP contribution in [0, 0.1) is 10.1 Å². The van der Waals surface area contributed by atoms with Gasteiger partial charge in [-0.3, -0.25) is 14.9 Å². The molecular weight excluding hydrogens is 266 g/mol. The van der Waals surface area contributed by atoms with E-state index in [0.29, 0.717) is 4.90 Å². The third-order valence-corrected chi connectivity index (χ3v) is 3.58. The minimum absolute atomic E-state index is 0.0763. The van der Waals surface area contributed by atoms with E-state index in [-0.39, 0.29) is 22.4 Å². The van der Waals surface area contributed by atoms with Gasteiger partial charge in [-0.15, -0.1) is 11.8 Å². The average molecular weight is 276 g/mol. The monoisotopic (exact) mass is 275 g/mol. The van der Waals surface area contributed by atoms with Crippen LogP contribution < -0.4 is 0 Å². The fraction of sp³-hybridized carbons (Fsp3) is 0.300. The molecule has 1 rings (SSSR count). The minimum Gasteiger partial charge on any atom is -0.481 e. The zero-order valence-electron chi connectivity index (χ0n) is 8.92. The number of rotatable bonds is 5. The molecule has 1 unspecified atom stereocenters. The number of carboxylic acid groups (broad SMARTS) is 1. The lowest BCUT2D eigenvalue weighted by Crippen LogP contribution is -2.06. The van der Waals surface area contributed by atoms with Crippen molar-refractivity contribution in [1.29, 1.82) is 0 Å². The molecule has 0 heterocycles. The first-order valence-electron chi connectivity index (χ1n) is 4.73. The van der Waals surface area contributed by atoms with Crippen LogP contribution in [0.4, 0.5) is 5.69 Å². The van der Waals surface area contributed by atoms with Gasteiger partial charge in [0.25, 0.3) is 5.69 Å². The van der Waals surface area contributed by atoms with E-state index in [4.69, 9.17) is 16.7 Å². The summed E-state index contributed by atoms with van der Waals surface area (Å²) in [6, 6.07) is 4.39. The number of hydrogen-bond donors (Lipinski definition) is 1. The van der Waals surface area contributed by atoms with Gasteiger partial charge < -0.3 is 5.11 Å². The van der Waals surface area contributed by atoms with E-state index in [1.807, 2.05) is 0 Å². The van der Waals surface area contributed by atoms with E-state index >= 15 is 0 Å². The van der Waals surface area contributed by atoms with Gasteiger partial charge in [-0.25, -0.2) is 0 Å². The van der Waals surface area contributed by atoms with Crippen molar-refractivity contribution >= 4 is 35.0 Å². The van der Waals surface area contributed by atoms with Gasteiger partial charge in [0.2, 0.25) is 0 Å². The van der Waals surface area contributed by atoms with E-state index < -0.39 is 10.9 Å². The fourth-order valence-electron chi connectivity index (χ4n) is 1.25. The van der Waals surface area contributed by atoms with E-state index in [1.165, 1.54) is 12.1 Å². The summed E-state index contributed by atoms with van der Waals surface area (Å²) in [5.74, 6) is -0.945. The van der Waals surface area contributed by atoms with Crippen LogP contribution in [0.5, 0.6) is 0 Å². The van der Waals surface area contributed by atoms with E-state index in [0.717, 1.165) is 11.8 Å². The summed E-state index contributed by atoms with van der Waals surface area (Å²) in [6.07, 6.45) is -0.0763. The fourth-order valence-corrected chi connectivity index (χ4v) is 2.62. The van der Waals surface area contributed by atoms with Crippen molar-refractivity contribution in [3.8, 4) is 0 Å². The van der Waals surface area contributed by atoms with Crippen LogP contribution in [0.25, 0.3) is 0 Å². The molecule has 1 aromatic carbocycles. The highest BCUT2D eigenvalue weighted by atomic mass is 35.5. The summed E-state index contributed by atoms with van der Waals surface area (Å²) in [5.41, 5.74) is -0.0975. The van der Waals surface area contributed by atoms with Gasteiger partial charge in [0, 0.05) is 11.3 Å². The molecular formula is C10H10ClNO4S. The molecule has 7 heteroatoms. The van der Waals surface area contributed by atoms with Gasteiger partial charge in [0.15, 0.2) is 0 Å². The van der Waals surface area contributed by atoms with Gasteiger partial charge in [0.05, 0.1) is 16.4 Å². The zero-order chi connectivity index (χ0) is 13.0. The number of hydrogen-bond acceptors (Lipinski definition) is 4. The van der Waals surface area contributed by atoms with Gasteiger partial charge in [0.1, 0.15) is 4.90 Å². The van der Waals surface area contributed by atoms with Gasteiger partial charge in [-0.05, 0) is 6.07 Å². The lowest BCUT2D eigenvalue weighted by Gasteiger charge is -2.09. The predicted molar refractivity (Wildman–Crippen MR) is 65.7 cm³/mol. The minimum atomic E-state index is -0.945. The quantitative estimate of drug-likeness (QED) is 0.507. The van der Waals surface area contributed by atoms with Crippen LogP contribution in [0.15, 0.2) is 23.1 Å². The van der Waals surface area contributed by atoms with Crippen molar-refractivity contribution < 1.29 is 14.8 Å². The number of halogens is 1. The lowest BCUT2D eigenvalue weighted by molar-refractivity contribution is -0.387. The third kappa shape index (κ3) is 3.90. The number of carbonyl (C=O) groups is 1. The van der Waals surface area contributed by atoms with E-state index in [9.17, 15) is 14.9 Å². The highest BCUT2D eigenvalue weighted by Gasteiger charge is 2.20. The molecule has 0 aliphatic heterocycles. The lowest BCUT2D eigenvalue weighted by atomic mass is 10.3. The number of thioether (sulfide) groups is 1. The van der Waals surface area contributed by atoms with Gasteiger partial charge in [-0.1, -0.05) is 24.6 Å². The second-order valence-corrected chi connectivity index (χ2v) is 5.23. The molecule has 0 spiro atoms. The molecule has 17 heavy (non-hydrogen) atoms. The molecule has 0 aromatic heterocycles. The molecule has 0 aliphatic rings. The summed E-state index contributed by atoms with van der Waals surface area (Å²) < 4.78 is 0. The molecule has 0 saturated heterocycles. The normalized spacial score (nSPS) is 12.1. The Balaban J connectivity index is 2.96. The smallest absolute Gasteiger partial charge is 0.304 e. The molecule has 92 valence electrons. The maximum atomic E-state index is 10.8. The molecule has 0 aliphatic carbocycles. The molecule has 1 aromatic rings. The van der Waals surface area contributed by atoms with Gasteiger partial charge >= 0.3 is 5.97 Å². The zero-order valence-corrected chi connectivity index (χ0v) is 10.5. The SMILES string of the molecule is CC(CC(=O)O)Sc1c(Cl)cccc1[N+](=O)[O-]. The topological polar surface area (TPSA) is 80.4 Å². The first-order valence-corrected chi connectivity index (χ1v) is 5.99. The number of benzene rings is 1. The number of nitrogens with zero attached hydrogens (tertiary/aromatic N) is 1. The Bertz CT molecular complexity index is 452. The van der Waals surface area contributed by atoms with Crippen LogP contribution in [-0.4, -0.2) is 21.2 Å². The van der Waals surface area contributed by atoms with Crippen LogP contribution in [0.3, 0.4) is 0 Å². The second kappa shape index (κ2) is 5.88. The summed E-state index contributed by atoms with van der Waals surface area (Å²) in [7, 11) is 0. The number of nitro benzene ring substituents is 1. The molecule has 0 amide bonds. The summed E-state index contributed by atoms with van der Waals surface area (Å²) in [4.78, 5) is 21.1. The third-order valence-electron chi connectivity index (χ3n) is 1.92. The van der Waals surface area contributed by atoms with Crippen LogP contribution in [0.2, 0.25) is 5.02 Å². The van der Waals surface area contributed by atoms with Crippen molar-refractivity contribution in [3.63, 3.8) is 0 Å².